The maximum absolute atomic E-state index is 12.1. The Morgan fingerprint density at radius 2 is 1.64 bits per heavy atom. The molecule has 1 N–H and O–H groups in total. The van der Waals surface area contributed by atoms with Crippen LogP contribution in [0, 0.1) is 0 Å². The maximum Gasteiger partial charge on any atom is 0.347 e. The smallest absolute Gasteiger partial charge is 0.347 e. The number of carbonyl (C=O) groups is 1. The Morgan fingerprint density at radius 1 is 0.929 bits per heavy atom. The van der Waals surface area contributed by atoms with Gasteiger partial charge in [-0.25, -0.2) is 9.78 Å². The van der Waals surface area contributed by atoms with Gasteiger partial charge in [-0.05, 0) is 48.5 Å². The summed E-state index contributed by atoms with van der Waals surface area (Å²) in [5.41, 5.74) is 1.38. The molecule has 28 heavy (non-hydrogen) atoms. The van der Waals surface area contributed by atoms with E-state index in [2.05, 4.69) is 10.3 Å². The molecule has 4 aromatic rings. The Bertz CT molecular complexity index is 1170. The number of carbonyl (C=O) groups excluding carboxylic acids is 1. The topological polar surface area (TPSA) is 81.4 Å². The lowest BCUT2D eigenvalue weighted by Gasteiger charge is -2.08. The number of hydrogen-bond acceptors (Lipinski definition) is 5. The quantitative estimate of drug-likeness (QED) is 0.575. The second-order valence-corrected chi connectivity index (χ2v) is 6.05. The van der Waals surface area contributed by atoms with E-state index in [-0.39, 0.29) is 18.4 Å². The third kappa shape index (κ3) is 3.91. The van der Waals surface area contributed by atoms with E-state index < -0.39 is 5.63 Å². The molecule has 0 spiro atoms. The van der Waals surface area contributed by atoms with Crippen LogP contribution in [0.3, 0.4) is 0 Å². The molecule has 0 saturated heterocycles. The number of rotatable bonds is 5. The number of benzene rings is 3. The van der Waals surface area contributed by atoms with Gasteiger partial charge in [0.15, 0.2) is 6.61 Å². The van der Waals surface area contributed by atoms with Gasteiger partial charge >= 0.3 is 5.63 Å². The van der Waals surface area contributed by atoms with Crippen LogP contribution in [0.1, 0.15) is 0 Å². The summed E-state index contributed by atoms with van der Waals surface area (Å²) in [6, 6.07) is 23.0. The van der Waals surface area contributed by atoms with Crippen LogP contribution in [0.25, 0.3) is 22.4 Å². The van der Waals surface area contributed by atoms with Crippen molar-refractivity contribution in [2.75, 3.05) is 11.9 Å². The minimum Gasteiger partial charge on any atom is -0.484 e. The van der Waals surface area contributed by atoms with E-state index in [1.807, 2.05) is 24.3 Å². The number of para-hydroxylation sites is 2. The predicted octanol–water partition coefficient (Wildman–Crippen LogP) is 3.87. The summed E-state index contributed by atoms with van der Waals surface area (Å²) in [4.78, 5) is 28.5. The van der Waals surface area contributed by atoms with Gasteiger partial charge in [-0.2, -0.15) is 0 Å². The SMILES string of the molecule is O=C(COc1ccccc1)Nc1ccc(-c2nc3ccccc3c(=O)o2)cc1. The Hall–Kier alpha value is -3.93. The molecular formula is C22H16N2O4. The summed E-state index contributed by atoms with van der Waals surface area (Å²) in [6.45, 7) is -0.0904. The first-order valence-electron chi connectivity index (χ1n) is 8.67. The second kappa shape index (κ2) is 7.75. The van der Waals surface area contributed by atoms with Gasteiger partial charge in [0.25, 0.3) is 5.91 Å². The van der Waals surface area contributed by atoms with Gasteiger partial charge in [0.2, 0.25) is 5.89 Å². The van der Waals surface area contributed by atoms with Crippen LogP contribution in [0.5, 0.6) is 5.75 Å². The van der Waals surface area contributed by atoms with Crippen LogP contribution < -0.4 is 15.7 Å². The molecule has 138 valence electrons. The fraction of sp³-hybridized carbons (Fsp3) is 0.0455. The van der Waals surface area contributed by atoms with E-state index in [1.165, 1.54) is 0 Å². The van der Waals surface area contributed by atoms with Crippen LogP contribution in [0.15, 0.2) is 88.1 Å². The molecule has 6 nitrogen and oxygen atoms in total. The first-order valence-corrected chi connectivity index (χ1v) is 8.67. The van der Waals surface area contributed by atoms with Crippen LogP contribution in [0.4, 0.5) is 5.69 Å². The highest BCUT2D eigenvalue weighted by Gasteiger charge is 2.09. The van der Waals surface area contributed by atoms with Gasteiger partial charge in [-0.3, -0.25) is 4.79 Å². The van der Waals surface area contributed by atoms with Crippen molar-refractivity contribution in [1.82, 2.24) is 4.98 Å². The largest absolute Gasteiger partial charge is 0.484 e. The highest BCUT2D eigenvalue weighted by atomic mass is 16.5. The molecule has 3 aromatic carbocycles. The lowest BCUT2D eigenvalue weighted by Crippen LogP contribution is -2.20. The summed E-state index contributed by atoms with van der Waals surface area (Å²) in [5.74, 6) is 0.589. The van der Waals surface area contributed by atoms with Gasteiger partial charge in [0.05, 0.1) is 10.9 Å². The number of fused-ring (bicyclic) bond motifs is 1. The Morgan fingerprint density at radius 3 is 2.43 bits per heavy atom. The lowest BCUT2D eigenvalue weighted by atomic mass is 10.2. The number of anilines is 1. The third-order valence-electron chi connectivity index (χ3n) is 4.06. The molecule has 0 unspecified atom stereocenters. The molecule has 1 amide bonds. The molecule has 1 aromatic heterocycles. The zero-order chi connectivity index (χ0) is 19.3. The molecule has 0 fully saturated rings. The van der Waals surface area contributed by atoms with Crippen LogP contribution >= 0.6 is 0 Å². The standard InChI is InChI=1S/C22H16N2O4/c25-20(14-27-17-6-2-1-3-7-17)23-16-12-10-15(11-13-16)21-24-19-9-5-4-8-18(19)22(26)28-21/h1-13H,14H2,(H,23,25). The van der Waals surface area contributed by atoms with E-state index in [0.29, 0.717) is 27.9 Å². The molecule has 0 bridgehead atoms. The summed E-state index contributed by atoms with van der Waals surface area (Å²) >= 11 is 0. The minimum atomic E-state index is -0.434. The Labute approximate surface area is 160 Å². The van der Waals surface area contributed by atoms with Crippen molar-refractivity contribution >= 4 is 22.5 Å². The normalized spacial score (nSPS) is 10.6. The molecule has 0 saturated carbocycles. The average molecular weight is 372 g/mol. The summed E-state index contributed by atoms with van der Waals surface area (Å²) in [7, 11) is 0. The number of hydrogen-bond donors (Lipinski definition) is 1. The summed E-state index contributed by atoms with van der Waals surface area (Å²) in [6.07, 6.45) is 0. The minimum absolute atomic E-state index is 0.0904. The molecule has 0 aliphatic rings. The van der Waals surface area contributed by atoms with Crippen molar-refractivity contribution in [3.05, 3.63) is 89.3 Å². The van der Waals surface area contributed by atoms with Crippen molar-refractivity contribution in [3.8, 4) is 17.2 Å². The molecule has 4 rings (SSSR count). The monoisotopic (exact) mass is 372 g/mol. The Kier molecular flexibility index (Phi) is 4.84. The highest BCUT2D eigenvalue weighted by molar-refractivity contribution is 5.92. The van der Waals surface area contributed by atoms with Crippen molar-refractivity contribution in [2.45, 2.75) is 0 Å². The fourth-order valence-electron chi connectivity index (χ4n) is 2.70. The van der Waals surface area contributed by atoms with E-state index in [1.54, 1.807) is 54.6 Å². The number of ether oxygens (including phenoxy) is 1. The second-order valence-electron chi connectivity index (χ2n) is 6.05. The predicted molar refractivity (Wildman–Crippen MR) is 106 cm³/mol. The molecule has 0 radical (unpaired) electrons. The average Bonchev–Trinajstić information content (AvgIpc) is 2.73. The molecule has 6 heteroatoms. The van der Waals surface area contributed by atoms with Crippen LogP contribution in [-0.4, -0.2) is 17.5 Å². The molecule has 0 aliphatic carbocycles. The van der Waals surface area contributed by atoms with Gasteiger partial charge in [0.1, 0.15) is 5.75 Å². The zero-order valence-electron chi connectivity index (χ0n) is 14.8. The van der Waals surface area contributed by atoms with Gasteiger partial charge in [-0.1, -0.05) is 30.3 Å². The summed E-state index contributed by atoms with van der Waals surface area (Å²) < 4.78 is 10.7. The molecule has 0 aliphatic heterocycles. The van der Waals surface area contributed by atoms with E-state index >= 15 is 0 Å². The first-order chi connectivity index (χ1) is 13.7. The van der Waals surface area contributed by atoms with E-state index in [4.69, 9.17) is 9.15 Å². The van der Waals surface area contributed by atoms with Crippen molar-refractivity contribution < 1.29 is 13.9 Å². The first kappa shape index (κ1) is 17.5. The maximum atomic E-state index is 12.1. The van der Waals surface area contributed by atoms with Gasteiger partial charge in [-0.15, -0.1) is 0 Å². The van der Waals surface area contributed by atoms with Crippen molar-refractivity contribution in [1.29, 1.82) is 0 Å². The Balaban J connectivity index is 1.45. The lowest BCUT2D eigenvalue weighted by molar-refractivity contribution is -0.118. The van der Waals surface area contributed by atoms with E-state index in [9.17, 15) is 9.59 Å². The molecule has 0 atom stereocenters. The van der Waals surface area contributed by atoms with Gasteiger partial charge in [0, 0.05) is 11.3 Å². The number of aromatic nitrogens is 1. The van der Waals surface area contributed by atoms with Gasteiger partial charge < -0.3 is 14.5 Å². The number of amides is 1. The number of nitrogens with one attached hydrogen (secondary N) is 1. The summed E-state index contributed by atoms with van der Waals surface area (Å²) in [5, 5.41) is 3.19. The van der Waals surface area contributed by atoms with Crippen LogP contribution in [0.2, 0.25) is 0 Å². The highest BCUT2D eigenvalue weighted by Crippen LogP contribution is 2.20. The molecule has 1 heterocycles. The fourth-order valence-corrected chi connectivity index (χ4v) is 2.70. The van der Waals surface area contributed by atoms with Crippen molar-refractivity contribution in [2.24, 2.45) is 0 Å². The third-order valence-corrected chi connectivity index (χ3v) is 4.06. The van der Waals surface area contributed by atoms with Crippen molar-refractivity contribution in [3.63, 3.8) is 0 Å². The van der Waals surface area contributed by atoms with E-state index in [0.717, 1.165) is 0 Å². The van der Waals surface area contributed by atoms with Crippen LogP contribution in [-0.2, 0) is 4.79 Å². The number of nitrogens with zero attached hydrogens (tertiary/aromatic N) is 1. The zero-order valence-corrected chi connectivity index (χ0v) is 14.8. The molecular weight excluding hydrogens is 356 g/mol.